The van der Waals surface area contributed by atoms with Crippen LogP contribution in [-0.4, -0.2) is 77.2 Å². The van der Waals surface area contributed by atoms with Crippen molar-refractivity contribution in [2.75, 3.05) is 39.3 Å². The Kier molecular flexibility index (Phi) is 6.43. The number of para-hydroxylation sites is 2. The van der Waals surface area contributed by atoms with Gasteiger partial charge in [-0.2, -0.15) is 13.2 Å². The molecule has 1 unspecified atom stereocenters. The second-order valence-electron chi connectivity index (χ2n) is 6.93. The summed E-state index contributed by atoms with van der Waals surface area (Å²) in [6, 6.07) is 6.45. The second-order valence-corrected chi connectivity index (χ2v) is 6.93. The Morgan fingerprint density at radius 2 is 1.96 bits per heavy atom. The molecule has 1 atom stereocenters. The number of hydrogen-bond donors (Lipinski definition) is 2. The first-order valence-electron chi connectivity index (χ1n) is 9.66. The van der Waals surface area contributed by atoms with E-state index in [1.165, 1.54) is 11.8 Å². The van der Waals surface area contributed by atoms with Gasteiger partial charge in [0, 0.05) is 45.7 Å². The predicted molar refractivity (Wildman–Crippen MR) is 104 cm³/mol. The third-order valence-electron chi connectivity index (χ3n) is 5.02. The monoisotopic (exact) mass is 396 g/mol. The van der Waals surface area contributed by atoms with Crippen LogP contribution >= 0.6 is 0 Å². The van der Waals surface area contributed by atoms with Crippen molar-refractivity contribution in [3.05, 3.63) is 30.1 Å². The number of halogens is 3. The normalized spacial score (nSPS) is 17.9. The first kappa shape index (κ1) is 20.4. The number of H-pyrrole nitrogens is 1. The van der Waals surface area contributed by atoms with Crippen LogP contribution in [0.25, 0.3) is 11.0 Å². The summed E-state index contributed by atoms with van der Waals surface area (Å²) in [5.41, 5.74) is 1.94. The molecule has 6 nitrogen and oxygen atoms in total. The molecule has 0 bridgehead atoms. The van der Waals surface area contributed by atoms with Crippen LogP contribution in [-0.2, 0) is 6.42 Å². The molecule has 2 heterocycles. The molecule has 1 aromatic heterocycles. The highest BCUT2D eigenvalue weighted by Gasteiger charge is 2.41. The molecule has 154 valence electrons. The van der Waals surface area contributed by atoms with Crippen LogP contribution in [0, 0.1) is 0 Å². The molecule has 1 aliphatic heterocycles. The van der Waals surface area contributed by atoms with Crippen LogP contribution in [0.5, 0.6) is 0 Å². The van der Waals surface area contributed by atoms with Crippen molar-refractivity contribution in [1.29, 1.82) is 0 Å². The van der Waals surface area contributed by atoms with Crippen molar-refractivity contribution in [2.24, 2.45) is 4.99 Å². The number of aromatic amines is 1. The number of alkyl halides is 3. The van der Waals surface area contributed by atoms with Gasteiger partial charge in [0.2, 0.25) is 0 Å². The topological polar surface area (TPSA) is 59.6 Å². The van der Waals surface area contributed by atoms with Crippen LogP contribution < -0.4 is 5.32 Å². The van der Waals surface area contributed by atoms with Crippen LogP contribution in [0.4, 0.5) is 13.2 Å². The minimum Gasteiger partial charge on any atom is -0.357 e. The van der Waals surface area contributed by atoms with Crippen LogP contribution in [0.1, 0.15) is 19.7 Å². The smallest absolute Gasteiger partial charge is 0.357 e. The lowest BCUT2D eigenvalue weighted by Crippen LogP contribution is -2.56. The van der Waals surface area contributed by atoms with Crippen molar-refractivity contribution < 1.29 is 13.2 Å². The Bertz CT molecular complexity index is 759. The Balaban J connectivity index is 1.57. The molecule has 2 N–H and O–H groups in total. The molecule has 1 saturated heterocycles. The van der Waals surface area contributed by atoms with Crippen LogP contribution in [0.2, 0.25) is 0 Å². The minimum atomic E-state index is -4.19. The van der Waals surface area contributed by atoms with E-state index in [1.807, 2.05) is 36.1 Å². The fraction of sp³-hybridized carbons (Fsp3) is 0.579. The van der Waals surface area contributed by atoms with Gasteiger partial charge >= 0.3 is 6.18 Å². The van der Waals surface area contributed by atoms with Crippen molar-refractivity contribution in [2.45, 2.75) is 32.5 Å². The molecule has 1 aliphatic rings. The van der Waals surface area contributed by atoms with Gasteiger partial charge in [-0.15, -0.1) is 0 Å². The molecule has 3 rings (SSSR count). The lowest BCUT2D eigenvalue weighted by Gasteiger charge is -2.39. The summed E-state index contributed by atoms with van der Waals surface area (Å²) < 4.78 is 38.7. The fourth-order valence-corrected chi connectivity index (χ4v) is 3.35. The average Bonchev–Trinajstić information content (AvgIpc) is 3.09. The van der Waals surface area contributed by atoms with Gasteiger partial charge in [-0.3, -0.25) is 9.89 Å². The van der Waals surface area contributed by atoms with Crippen molar-refractivity contribution in [3.8, 4) is 0 Å². The number of rotatable bonds is 5. The molecule has 28 heavy (non-hydrogen) atoms. The van der Waals surface area contributed by atoms with E-state index in [2.05, 4.69) is 20.3 Å². The van der Waals surface area contributed by atoms with Crippen LogP contribution in [0.3, 0.4) is 0 Å². The summed E-state index contributed by atoms with van der Waals surface area (Å²) in [6.45, 7) is 6.26. The van der Waals surface area contributed by atoms with Crippen LogP contribution in [0.15, 0.2) is 29.3 Å². The van der Waals surface area contributed by atoms with E-state index in [9.17, 15) is 13.2 Å². The molecule has 0 spiro atoms. The number of fused-ring (bicyclic) bond motifs is 1. The Morgan fingerprint density at radius 3 is 2.61 bits per heavy atom. The quantitative estimate of drug-likeness (QED) is 0.603. The van der Waals surface area contributed by atoms with Gasteiger partial charge in [0.05, 0.1) is 11.0 Å². The molecule has 9 heteroatoms. The molecule has 0 saturated carbocycles. The molecule has 0 radical (unpaired) electrons. The molecule has 2 aromatic rings. The molecule has 1 fully saturated rings. The summed E-state index contributed by atoms with van der Waals surface area (Å²) in [4.78, 5) is 16.0. The maximum atomic E-state index is 12.9. The molecule has 1 aromatic carbocycles. The van der Waals surface area contributed by atoms with Gasteiger partial charge in [0.25, 0.3) is 0 Å². The maximum absolute atomic E-state index is 12.9. The lowest BCUT2D eigenvalue weighted by atomic mass is 10.2. The molecular formula is C19H27F3N6. The van der Waals surface area contributed by atoms with Gasteiger partial charge < -0.3 is 15.2 Å². The van der Waals surface area contributed by atoms with Crippen molar-refractivity contribution in [1.82, 2.24) is 25.1 Å². The van der Waals surface area contributed by atoms with E-state index in [-0.39, 0.29) is 0 Å². The number of piperazine rings is 1. The maximum Gasteiger partial charge on any atom is 0.403 e. The number of nitrogens with zero attached hydrogens (tertiary/aromatic N) is 4. The average molecular weight is 396 g/mol. The number of nitrogens with one attached hydrogen (secondary N) is 2. The summed E-state index contributed by atoms with van der Waals surface area (Å²) in [5.74, 6) is 1.63. The Morgan fingerprint density at radius 1 is 1.25 bits per heavy atom. The van der Waals surface area contributed by atoms with Gasteiger partial charge in [-0.25, -0.2) is 4.98 Å². The van der Waals surface area contributed by atoms with E-state index >= 15 is 0 Å². The first-order chi connectivity index (χ1) is 13.4. The summed E-state index contributed by atoms with van der Waals surface area (Å²) >= 11 is 0. The highest BCUT2D eigenvalue weighted by molar-refractivity contribution is 5.80. The number of imidazole rings is 1. The summed E-state index contributed by atoms with van der Waals surface area (Å²) in [6.07, 6.45) is -3.51. The first-order valence-corrected chi connectivity index (χ1v) is 9.66. The number of guanidine groups is 1. The van der Waals surface area contributed by atoms with E-state index < -0.39 is 12.2 Å². The van der Waals surface area contributed by atoms with Gasteiger partial charge in [0.1, 0.15) is 11.9 Å². The van der Waals surface area contributed by atoms with Gasteiger partial charge in [-0.1, -0.05) is 12.1 Å². The molecule has 0 amide bonds. The third-order valence-corrected chi connectivity index (χ3v) is 5.02. The highest BCUT2D eigenvalue weighted by Crippen LogP contribution is 2.25. The van der Waals surface area contributed by atoms with Gasteiger partial charge in [-0.05, 0) is 26.0 Å². The molecule has 0 aliphatic carbocycles. The zero-order valence-electron chi connectivity index (χ0n) is 16.3. The second kappa shape index (κ2) is 8.81. The number of hydrogen-bond acceptors (Lipinski definition) is 3. The Hall–Kier alpha value is -2.29. The van der Waals surface area contributed by atoms with Crippen molar-refractivity contribution >= 4 is 17.0 Å². The fourth-order valence-electron chi connectivity index (χ4n) is 3.35. The molecular weight excluding hydrogens is 369 g/mol. The summed E-state index contributed by atoms with van der Waals surface area (Å²) in [5, 5.41) is 3.24. The van der Waals surface area contributed by atoms with Gasteiger partial charge in [0.15, 0.2) is 5.96 Å². The standard InChI is InChI=1S/C19H27F3N6/c1-3-23-18(28-12-10-27(11-13-28)14(2)19(20,21)22)24-9-8-17-25-15-6-4-5-7-16(15)26-17/h4-7,14H,3,8-13H2,1-2H3,(H,23,24)(H,25,26). The number of benzene rings is 1. The third kappa shape index (κ3) is 4.95. The lowest BCUT2D eigenvalue weighted by molar-refractivity contribution is -0.181. The minimum absolute atomic E-state index is 0.370. The largest absolute Gasteiger partial charge is 0.403 e. The van der Waals surface area contributed by atoms with Crippen molar-refractivity contribution in [3.63, 3.8) is 0 Å². The highest BCUT2D eigenvalue weighted by atomic mass is 19.4. The Labute approximate surface area is 162 Å². The summed E-state index contributed by atoms with van der Waals surface area (Å²) in [7, 11) is 0. The zero-order valence-corrected chi connectivity index (χ0v) is 16.3. The van der Waals surface area contributed by atoms with E-state index in [1.54, 1.807) is 0 Å². The van der Waals surface area contributed by atoms with E-state index in [0.29, 0.717) is 45.7 Å². The zero-order chi connectivity index (χ0) is 20.1. The predicted octanol–water partition coefficient (Wildman–Crippen LogP) is 2.64. The number of aromatic nitrogens is 2. The number of aliphatic imine (C=N–C) groups is 1. The SMILES string of the molecule is CCNC(=NCCc1nc2ccccc2[nH]1)N1CCN(C(C)C(F)(F)F)CC1. The van der Waals surface area contributed by atoms with E-state index in [4.69, 9.17) is 0 Å². The van der Waals surface area contributed by atoms with E-state index in [0.717, 1.165) is 22.8 Å².